The Morgan fingerprint density at radius 3 is 2.58 bits per heavy atom. The van der Waals surface area contributed by atoms with E-state index in [4.69, 9.17) is 4.74 Å². The Balaban J connectivity index is 1.69. The third kappa shape index (κ3) is 5.17. The Hall–Kier alpha value is -1.12. The van der Waals surface area contributed by atoms with Gasteiger partial charge in [-0.3, -0.25) is 4.90 Å². The Morgan fingerprint density at radius 1 is 1.16 bits per heavy atom. The first-order chi connectivity index (χ1) is 9.24. The second-order valence-corrected chi connectivity index (χ2v) is 5.53. The summed E-state index contributed by atoms with van der Waals surface area (Å²) in [6, 6.07) is 10.4. The predicted octanol–water partition coefficient (Wildman–Crippen LogP) is 3.45. The number of nitrogens with zero attached hydrogens (tertiary/aromatic N) is 1. The lowest BCUT2D eigenvalue weighted by atomic mass is 10.1. The van der Waals surface area contributed by atoms with Crippen LogP contribution in [0.15, 0.2) is 42.0 Å². The maximum absolute atomic E-state index is 5.78. The maximum Gasteiger partial charge on any atom is 0.0721 e. The molecule has 1 aliphatic heterocycles. The van der Waals surface area contributed by atoms with Crippen molar-refractivity contribution in [1.29, 1.82) is 0 Å². The molecular weight excluding hydrogens is 234 g/mol. The van der Waals surface area contributed by atoms with Crippen LogP contribution in [0.25, 0.3) is 0 Å². The molecule has 0 N–H and O–H groups in total. The highest BCUT2D eigenvalue weighted by atomic mass is 16.5. The molecule has 0 unspecified atom stereocenters. The van der Waals surface area contributed by atoms with Crippen molar-refractivity contribution < 1.29 is 4.74 Å². The summed E-state index contributed by atoms with van der Waals surface area (Å²) in [6.45, 7) is 9.22. The summed E-state index contributed by atoms with van der Waals surface area (Å²) in [4.78, 5) is 2.48. The van der Waals surface area contributed by atoms with Crippen LogP contribution in [0, 0.1) is 5.92 Å². The summed E-state index contributed by atoms with van der Waals surface area (Å²) in [6.07, 6.45) is 3.47. The molecular formula is C17H24NO. The maximum atomic E-state index is 5.78. The van der Waals surface area contributed by atoms with Gasteiger partial charge in [0.15, 0.2) is 0 Å². The standard InChI is InChI=1S/C17H24NO/c1-15(2)12-18-10-8-17(9-11-18)14-19-13-16-6-4-3-5-7-16/h3-8H,9-14H2,1-2H3. The quantitative estimate of drug-likeness (QED) is 0.725. The molecule has 0 fully saturated rings. The first-order valence-electron chi connectivity index (χ1n) is 7.05. The van der Waals surface area contributed by atoms with E-state index in [1.165, 1.54) is 17.1 Å². The molecule has 0 spiro atoms. The second kappa shape index (κ2) is 7.46. The fourth-order valence-corrected chi connectivity index (χ4v) is 2.35. The monoisotopic (exact) mass is 258 g/mol. The molecule has 103 valence electrons. The molecule has 0 atom stereocenters. The molecule has 2 heteroatoms. The Bertz CT molecular complexity index is 397. The van der Waals surface area contributed by atoms with Crippen LogP contribution in [0.1, 0.15) is 25.8 Å². The minimum Gasteiger partial charge on any atom is -0.372 e. The Morgan fingerprint density at radius 2 is 1.95 bits per heavy atom. The zero-order valence-electron chi connectivity index (χ0n) is 12.1. The van der Waals surface area contributed by atoms with Crippen molar-refractivity contribution in [3.63, 3.8) is 0 Å². The van der Waals surface area contributed by atoms with Crippen molar-refractivity contribution >= 4 is 0 Å². The van der Waals surface area contributed by atoms with Crippen LogP contribution in [0.4, 0.5) is 0 Å². The van der Waals surface area contributed by atoms with Gasteiger partial charge in [0.1, 0.15) is 0 Å². The van der Waals surface area contributed by atoms with Gasteiger partial charge in [-0.2, -0.15) is 0 Å². The smallest absolute Gasteiger partial charge is 0.0721 e. The minimum atomic E-state index is 0.712. The van der Waals surface area contributed by atoms with Gasteiger partial charge in [0.05, 0.1) is 13.2 Å². The molecule has 0 saturated carbocycles. The van der Waals surface area contributed by atoms with E-state index in [9.17, 15) is 0 Å². The van der Waals surface area contributed by atoms with Gasteiger partial charge >= 0.3 is 0 Å². The lowest BCUT2D eigenvalue weighted by Crippen LogP contribution is -2.32. The van der Waals surface area contributed by atoms with Crippen LogP contribution in [-0.4, -0.2) is 31.1 Å². The third-order valence-electron chi connectivity index (χ3n) is 3.33. The van der Waals surface area contributed by atoms with E-state index in [-0.39, 0.29) is 0 Å². The fraction of sp³-hybridized carbons (Fsp3) is 0.471. The van der Waals surface area contributed by atoms with E-state index in [0.717, 1.165) is 32.7 Å². The highest BCUT2D eigenvalue weighted by Crippen LogP contribution is 2.13. The Labute approximate surface area is 117 Å². The molecule has 0 amide bonds. The molecule has 2 nitrogen and oxygen atoms in total. The molecule has 0 saturated heterocycles. The Kier molecular flexibility index (Phi) is 5.62. The van der Waals surface area contributed by atoms with Crippen molar-refractivity contribution in [3.8, 4) is 0 Å². The van der Waals surface area contributed by atoms with E-state index in [1.54, 1.807) is 0 Å². The van der Waals surface area contributed by atoms with Crippen LogP contribution in [0.2, 0.25) is 0 Å². The fourth-order valence-electron chi connectivity index (χ4n) is 2.35. The normalized spacial score (nSPS) is 16.7. The van der Waals surface area contributed by atoms with Crippen LogP contribution < -0.4 is 0 Å². The van der Waals surface area contributed by atoms with Gasteiger partial charge < -0.3 is 4.74 Å². The highest BCUT2D eigenvalue weighted by Gasteiger charge is 2.12. The van der Waals surface area contributed by atoms with E-state index >= 15 is 0 Å². The SMILES string of the molecule is C[C](C)CN1CC=C(COCc2ccccc2)CC1. The topological polar surface area (TPSA) is 12.5 Å². The molecule has 2 rings (SSSR count). The van der Waals surface area contributed by atoms with Crippen molar-refractivity contribution in [2.75, 3.05) is 26.2 Å². The van der Waals surface area contributed by atoms with Gasteiger partial charge in [-0.25, -0.2) is 0 Å². The number of hydrogen-bond acceptors (Lipinski definition) is 2. The van der Waals surface area contributed by atoms with Crippen molar-refractivity contribution in [2.24, 2.45) is 0 Å². The summed E-state index contributed by atoms with van der Waals surface area (Å²) in [7, 11) is 0. The van der Waals surface area contributed by atoms with E-state index in [1.807, 2.05) is 6.07 Å². The van der Waals surface area contributed by atoms with Gasteiger partial charge in [-0.05, 0) is 23.5 Å². The van der Waals surface area contributed by atoms with Gasteiger partial charge in [0.25, 0.3) is 0 Å². The van der Waals surface area contributed by atoms with Crippen molar-refractivity contribution in [1.82, 2.24) is 4.90 Å². The van der Waals surface area contributed by atoms with Gasteiger partial charge in [-0.15, -0.1) is 0 Å². The number of ether oxygens (including phenoxy) is 1. The minimum absolute atomic E-state index is 0.712. The average molecular weight is 258 g/mol. The van der Waals surface area contributed by atoms with Crippen LogP contribution in [0.3, 0.4) is 0 Å². The summed E-state index contributed by atoms with van der Waals surface area (Å²) in [5.41, 5.74) is 2.69. The second-order valence-electron chi connectivity index (χ2n) is 5.53. The zero-order chi connectivity index (χ0) is 13.5. The summed E-state index contributed by atoms with van der Waals surface area (Å²) in [5, 5.41) is 0. The zero-order valence-corrected chi connectivity index (χ0v) is 12.1. The van der Waals surface area contributed by atoms with Crippen LogP contribution in [0.5, 0.6) is 0 Å². The molecule has 1 aliphatic rings. The predicted molar refractivity (Wildman–Crippen MR) is 79.8 cm³/mol. The lowest BCUT2D eigenvalue weighted by molar-refractivity contribution is 0.137. The summed E-state index contributed by atoms with van der Waals surface area (Å²) >= 11 is 0. The van der Waals surface area contributed by atoms with E-state index < -0.39 is 0 Å². The average Bonchev–Trinajstić information content (AvgIpc) is 2.41. The van der Waals surface area contributed by atoms with Crippen molar-refractivity contribution in [3.05, 3.63) is 53.5 Å². The molecule has 0 aromatic heterocycles. The summed E-state index contributed by atoms with van der Waals surface area (Å²) in [5.74, 6) is 1.48. The van der Waals surface area contributed by atoms with Gasteiger partial charge in [0, 0.05) is 19.6 Å². The van der Waals surface area contributed by atoms with Gasteiger partial charge in [-0.1, -0.05) is 50.3 Å². The molecule has 1 aromatic rings. The highest BCUT2D eigenvalue weighted by molar-refractivity contribution is 5.14. The number of hydrogen-bond donors (Lipinski definition) is 0. The molecule has 0 aliphatic carbocycles. The van der Waals surface area contributed by atoms with E-state index in [2.05, 4.69) is 49.1 Å². The molecule has 0 bridgehead atoms. The van der Waals surface area contributed by atoms with Gasteiger partial charge in [0.2, 0.25) is 0 Å². The van der Waals surface area contributed by atoms with Crippen LogP contribution in [-0.2, 0) is 11.3 Å². The number of rotatable bonds is 6. The summed E-state index contributed by atoms with van der Waals surface area (Å²) < 4.78 is 5.78. The number of benzene rings is 1. The lowest BCUT2D eigenvalue weighted by Gasteiger charge is -2.27. The largest absolute Gasteiger partial charge is 0.372 e. The first-order valence-corrected chi connectivity index (χ1v) is 7.05. The van der Waals surface area contributed by atoms with E-state index in [0.29, 0.717) is 6.61 Å². The third-order valence-corrected chi connectivity index (χ3v) is 3.33. The molecule has 19 heavy (non-hydrogen) atoms. The van der Waals surface area contributed by atoms with Crippen LogP contribution >= 0.6 is 0 Å². The van der Waals surface area contributed by atoms with Crippen molar-refractivity contribution in [2.45, 2.75) is 26.9 Å². The molecule has 1 radical (unpaired) electrons. The first kappa shape index (κ1) is 14.3. The molecule has 1 heterocycles. The molecule has 1 aromatic carbocycles.